The van der Waals surface area contributed by atoms with Gasteiger partial charge < -0.3 is 10.1 Å². The zero-order chi connectivity index (χ0) is 13.6. The molecule has 0 unspecified atom stereocenters. The van der Waals surface area contributed by atoms with Crippen LogP contribution in [0.1, 0.15) is 5.56 Å². The molecule has 18 heavy (non-hydrogen) atoms. The van der Waals surface area contributed by atoms with Crippen LogP contribution in [0.3, 0.4) is 0 Å². The van der Waals surface area contributed by atoms with E-state index in [2.05, 4.69) is 15.4 Å². The van der Waals surface area contributed by atoms with Crippen LogP contribution in [-0.4, -0.2) is 23.2 Å². The van der Waals surface area contributed by atoms with Crippen molar-refractivity contribution in [2.24, 2.45) is 0 Å². The minimum absolute atomic E-state index is 0.448. The number of rotatable bonds is 4. The molecular formula is C11H13Cl3N2O2. The highest BCUT2D eigenvalue weighted by Crippen LogP contribution is 2.29. The van der Waals surface area contributed by atoms with Crippen molar-refractivity contribution in [2.45, 2.75) is 16.5 Å². The van der Waals surface area contributed by atoms with Crippen molar-refractivity contribution in [3.8, 4) is 0 Å². The molecule has 0 aliphatic rings. The van der Waals surface area contributed by atoms with Crippen molar-refractivity contribution < 1.29 is 9.53 Å². The van der Waals surface area contributed by atoms with Gasteiger partial charge in [-0.1, -0.05) is 65.1 Å². The molecule has 0 spiro atoms. The fourth-order valence-electron chi connectivity index (χ4n) is 1.24. The Labute approximate surface area is 121 Å². The highest BCUT2D eigenvalue weighted by atomic mass is 35.6. The Morgan fingerprint density at radius 2 is 1.94 bits per heavy atom. The predicted octanol–water partition coefficient (Wildman–Crippen LogP) is 2.83. The van der Waals surface area contributed by atoms with Crippen molar-refractivity contribution in [3.05, 3.63) is 35.9 Å². The van der Waals surface area contributed by atoms with E-state index in [0.29, 0.717) is 6.54 Å². The van der Waals surface area contributed by atoms with Crippen molar-refractivity contribution >= 4 is 40.9 Å². The number of carbonyl (C=O) groups is 1. The van der Waals surface area contributed by atoms with Crippen LogP contribution >= 0.6 is 34.8 Å². The fraction of sp³-hybridized carbons (Fsp3) is 0.364. The first kappa shape index (κ1) is 15.4. The number of amides is 1. The molecule has 0 saturated carbocycles. The van der Waals surface area contributed by atoms with Gasteiger partial charge in [0.2, 0.25) is 3.79 Å². The van der Waals surface area contributed by atoms with Gasteiger partial charge in [-0.15, -0.1) is 0 Å². The molecule has 1 aromatic carbocycles. The molecule has 0 bridgehead atoms. The largest absolute Gasteiger partial charge is 0.453 e. The summed E-state index contributed by atoms with van der Waals surface area (Å²) in [7, 11) is 1.24. The molecule has 4 nitrogen and oxygen atoms in total. The molecule has 0 aromatic heterocycles. The Hall–Kier alpha value is -0.680. The standard InChI is InChI=1S/C11H13Cl3N2O2/c1-18-10(17)16-9(11(12,13)14)15-7-8-5-3-2-4-6-8/h2-6,9,15H,7H2,1H3,(H,16,17)/t9-/m0/s1. The van der Waals surface area contributed by atoms with Crippen LogP contribution in [0.25, 0.3) is 0 Å². The van der Waals surface area contributed by atoms with Gasteiger partial charge in [0, 0.05) is 6.54 Å². The topological polar surface area (TPSA) is 50.4 Å². The second kappa shape index (κ2) is 7.04. The Balaban J connectivity index is 2.59. The lowest BCUT2D eigenvalue weighted by atomic mass is 10.2. The Kier molecular flexibility index (Phi) is 6.02. The number of alkyl halides is 3. The van der Waals surface area contributed by atoms with E-state index in [1.54, 1.807) is 0 Å². The predicted molar refractivity (Wildman–Crippen MR) is 72.9 cm³/mol. The molecule has 7 heteroatoms. The van der Waals surface area contributed by atoms with Crippen LogP contribution in [0.2, 0.25) is 0 Å². The van der Waals surface area contributed by atoms with E-state index in [9.17, 15) is 4.79 Å². The lowest BCUT2D eigenvalue weighted by molar-refractivity contribution is 0.164. The summed E-state index contributed by atoms with van der Waals surface area (Å²) in [4.78, 5) is 11.1. The molecule has 1 rings (SSSR count). The van der Waals surface area contributed by atoms with Gasteiger partial charge in [0.05, 0.1) is 7.11 Å². The first-order chi connectivity index (χ1) is 8.43. The molecule has 0 aliphatic heterocycles. The molecule has 0 saturated heterocycles. The summed E-state index contributed by atoms with van der Waals surface area (Å²) in [5.41, 5.74) is 1.00. The van der Waals surface area contributed by atoms with Gasteiger partial charge in [-0.2, -0.15) is 0 Å². The molecule has 0 aliphatic carbocycles. The van der Waals surface area contributed by atoms with Gasteiger partial charge in [-0.05, 0) is 5.56 Å². The van der Waals surface area contributed by atoms with Gasteiger partial charge in [0.25, 0.3) is 0 Å². The van der Waals surface area contributed by atoms with E-state index >= 15 is 0 Å². The summed E-state index contributed by atoms with van der Waals surface area (Å²) in [5.74, 6) is 0. The Morgan fingerprint density at radius 1 is 1.33 bits per heavy atom. The maximum Gasteiger partial charge on any atom is 0.408 e. The van der Waals surface area contributed by atoms with Gasteiger partial charge in [0.15, 0.2) is 0 Å². The van der Waals surface area contributed by atoms with Crippen molar-refractivity contribution in [3.63, 3.8) is 0 Å². The number of methoxy groups -OCH3 is 1. The molecule has 2 N–H and O–H groups in total. The summed E-state index contributed by atoms with van der Waals surface area (Å²) >= 11 is 17.3. The molecule has 0 fully saturated rings. The number of alkyl carbamates (subject to hydrolysis) is 1. The fourth-order valence-corrected chi connectivity index (χ4v) is 1.64. The molecule has 0 radical (unpaired) electrons. The van der Waals surface area contributed by atoms with Crippen LogP contribution in [0.15, 0.2) is 30.3 Å². The number of halogens is 3. The lowest BCUT2D eigenvalue weighted by Crippen LogP contribution is -2.53. The summed E-state index contributed by atoms with van der Waals surface area (Å²) < 4.78 is 2.78. The number of ether oxygens (including phenoxy) is 1. The third-order valence-electron chi connectivity index (χ3n) is 2.13. The molecule has 1 amide bonds. The third kappa shape index (κ3) is 5.31. The lowest BCUT2D eigenvalue weighted by Gasteiger charge is -2.26. The Bertz CT molecular complexity index is 382. The van der Waals surface area contributed by atoms with Crippen LogP contribution in [0.4, 0.5) is 4.79 Å². The smallest absolute Gasteiger partial charge is 0.408 e. The highest BCUT2D eigenvalue weighted by Gasteiger charge is 2.33. The highest BCUT2D eigenvalue weighted by molar-refractivity contribution is 6.68. The average molecular weight is 312 g/mol. The minimum atomic E-state index is -1.68. The zero-order valence-electron chi connectivity index (χ0n) is 9.62. The number of carbonyl (C=O) groups excluding carboxylic acids is 1. The van der Waals surface area contributed by atoms with Crippen molar-refractivity contribution in [1.29, 1.82) is 0 Å². The summed E-state index contributed by atoms with van der Waals surface area (Å²) in [6.45, 7) is 0.448. The van der Waals surface area contributed by atoms with Crippen LogP contribution in [0.5, 0.6) is 0 Å². The normalized spacial score (nSPS) is 12.9. The molecule has 100 valence electrons. The Morgan fingerprint density at radius 3 is 2.44 bits per heavy atom. The second-order valence-corrected chi connectivity index (χ2v) is 5.85. The monoisotopic (exact) mass is 310 g/mol. The van der Waals surface area contributed by atoms with Gasteiger partial charge in [0.1, 0.15) is 6.17 Å². The van der Waals surface area contributed by atoms with E-state index in [-0.39, 0.29) is 0 Å². The van der Waals surface area contributed by atoms with E-state index in [1.165, 1.54) is 7.11 Å². The number of benzene rings is 1. The second-order valence-electron chi connectivity index (χ2n) is 3.48. The van der Waals surface area contributed by atoms with E-state index in [0.717, 1.165) is 5.56 Å². The molecule has 1 aromatic rings. The van der Waals surface area contributed by atoms with Gasteiger partial charge >= 0.3 is 6.09 Å². The number of hydrogen-bond acceptors (Lipinski definition) is 3. The molecule has 0 heterocycles. The molecule has 1 atom stereocenters. The van der Waals surface area contributed by atoms with Gasteiger partial charge in [-0.25, -0.2) is 4.79 Å². The van der Waals surface area contributed by atoms with E-state index in [4.69, 9.17) is 34.8 Å². The zero-order valence-corrected chi connectivity index (χ0v) is 11.9. The van der Waals surface area contributed by atoms with Crippen LogP contribution < -0.4 is 10.6 Å². The molecular weight excluding hydrogens is 298 g/mol. The van der Waals surface area contributed by atoms with Crippen LogP contribution in [-0.2, 0) is 11.3 Å². The summed E-state index contributed by atoms with van der Waals surface area (Å²) in [5, 5.41) is 5.34. The maximum atomic E-state index is 11.1. The van der Waals surface area contributed by atoms with Crippen LogP contribution in [0, 0.1) is 0 Å². The van der Waals surface area contributed by atoms with Crippen molar-refractivity contribution in [2.75, 3.05) is 7.11 Å². The number of hydrogen-bond donors (Lipinski definition) is 2. The average Bonchev–Trinajstić information content (AvgIpc) is 2.34. The van der Waals surface area contributed by atoms with E-state index < -0.39 is 16.1 Å². The third-order valence-corrected chi connectivity index (χ3v) is 2.78. The van der Waals surface area contributed by atoms with Crippen molar-refractivity contribution in [1.82, 2.24) is 10.6 Å². The maximum absolute atomic E-state index is 11.1. The van der Waals surface area contributed by atoms with Gasteiger partial charge in [-0.3, -0.25) is 5.32 Å². The summed E-state index contributed by atoms with van der Waals surface area (Å²) in [6.07, 6.45) is -1.53. The first-order valence-corrected chi connectivity index (χ1v) is 6.25. The SMILES string of the molecule is COC(=O)N[C@H](NCc1ccccc1)C(Cl)(Cl)Cl. The minimum Gasteiger partial charge on any atom is -0.453 e. The number of nitrogens with one attached hydrogen (secondary N) is 2. The van der Waals surface area contributed by atoms with E-state index in [1.807, 2.05) is 30.3 Å². The summed E-state index contributed by atoms with van der Waals surface area (Å²) in [6, 6.07) is 9.54. The quantitative estimate of drug-likeness (QED) is 0.664. The first-order valence-electron chi connectivity index (χ1n) is 5.12.